The molecule has 6 heteroatoms. The Morgan fingerprint density at radius 2 is 2.00 bits per heavy atom. The summed E-state index contributed by atoms with van der Waals surface area (Å²) in [7, 11) is 0. The maximum atomic E-state index is 9.86. The average molecular weight is 321 g/mol. The maximum absolute atomic E-state index is 9.86. The molecule has 1 aromatic carbocycles. The molecule has 0 radical (unpaired) electrons. The van der Waals surface area contributed by atoms with Crippen molar-refractivity contribution in [3.05, 3.63) is 41.0 Å². The van der Waals surface area contributed by atoms with Crippen molar-refractivity contribution in [2.75, 3.05) is 5.32 Å². The van der Waals surface area contributed by atoms with E-state index in [0.717, 1.165) is 28.3 Å². The van der Waals surface area contributed by atoms with Crippen molar-refractivity contribution >= 4 is 33.1 Å². The topological polar surface area (TPSA) is 58.0 Å². The molecule has 21 heavy (non-hydrogen) atoms. The van der Waals surface area contributed by atoms with Gasteiger partial charge in [0.05, 0.1) is 11.1 Å². The summed E-state index contributed by atoms with van der Waals surface area (Å²) >= 11 is 1.69. The molecule has 0 aliphatic rings. The summed E-state index contributed by atoms with van der Waals surface area (Å²) in [6.45, 7) is 4.00. The first-order valence-electron chi connectivity index (χ1n) is 6.49. The lowest BCUT2D eigenvalue weighted by molar-refractivity contribution is -0.00000517. The second-order valence-corrected chi connectivity index (χ2v) is 5.66. The molecule has 3 rings (SSSR count). The first kappa shape index (κ1) is 15.5. The molecule has 0 atom stereocenters. The highest BCUT2D eigenvalue weighted by atomic mass is 35.5. The van der Waals surface area contributed by atoms with Crippen LogP contribution in [0.4, 0.5) is 11.5 Å². The molecule has 2 heterocycles. The van der Waals surface area contributed by atoms with Crippen LogP contribution in [0, 0.1) is 6.92 Å². The normalized spacial score (nSPS) is 10.4. The van der Waals surface area contributed by atoms with E-state index >= 15 is 0 Å². The predicted octanol–water partition coefficient (Wildman–Crippen LogP) is 1.02. The van der Waals surface area contributed by atoms with Gasteiger partial charge >= 0.3 is 0 Å². The summed E-state index contributed by atoms with van der Waals surface area (Å²) in [4.78, 5) is 11.2. The smallest absolute Gasteiger partial charge is 0.143 e. The Labute approximate surface area is 133 Å². The molecular weight excluding hydrogens is 306 g/mol. The molecule has 0 unspecified atom stereocenters. The van der Waals surface area contributed by atoms with Gasteiger partial charge in [0.1, 0.15) is 22.2 Å². The third-order valence-electron chi connectivity index (χ3n) is 3.06. The Morgan fingerprint density at radius 3 is 2.71 bits per heavy atom. The van der Waals surface area contributed by atoms with Gasteiger partial charge in [0.25, 0.3) is 0 Å². The van der Waals surface area contributed by atoms with Gasteiger partial charge in [-0.1, -0.05) is 19.1 Å². The minimum atomic E-state index is 0. The minimum Gasteiger partial charge on any atom is -1.00 e. The zero-order valence-electron chi connectivity index (χ0n) is 11.7. The third-order valence-corrected chi connectivity index (χ3v) is 4.23. The molecule has 2 aromatic heterocycles. The van der Waals surface area contributed by atoms with E-state index in [2.05, 4.69) is 28.3 Å². The summed E-state index contributed by atoms with van der Waals surface area (Å²) in [6.07, 6.45) is 0.982. The Balaban J connectivity index is 0.00000161. The zero-order chi connectivity index (χ0) is 14.1. The number of hydrogen-bond acceptors (Lipinski definition) is 5. The Morgan fingerprint density at radius 1 is 1.24 bits per heavy atom. The van der Waals surface area contributed by atoms with Crippen molar-refractivity contribution in [2.24, 2.45) is 0 Å². The van der Waals surface area contributed by atoms with Crippen LogP contribution in [0.1, 0.15) is 17.6 Å². The van der Waals surface area contributed by atoms with E-state index in [1.54, 1.807) is 23.5 Å². The van der Waals surface area contributed by atoms with Crippen LogP contribution in [0.15, 0.2) is 30.3 Å². The van der Waals surface area contributed by atoms with Crippen LogP contribution < -0.4 is 17.7 Å². The number of fused-ring (bicyclic) bond motifs is 1. The molecule has 0 fully saturated rings. The number of phenols is 1. The van der Waals surface area contributed by atoms with Crippen LogP contribution in [-0.2, 0) is 6.42 Å². The van der Waals surface area contributed by atoms with Crippen molar-refractivity contribution in [1.82, 2.24) is 9.97 Å². The number of nitrogens with one attached hydrogen (secondary N) is 1. The number of nitrogens with zero attached hydrogens (tertiary/aromatic N) is 2. The quantitative estimate of drug-likeness (QED) is 0.707. The number of aromatic hydroxyl groups is 1. The van der Waals surface area contributed by atoms with Gasteiger partial charge in [-0.25, -0.2) is 9.97 Å². The lowest BCUT2D eigenvalue weighted by Gasteiger charge is -2.08. The van der Waals surface area contributed by atoms with Gasteiger partial charge in [0.2, 0.25) is 0 Å². The Bertz CT molecular complexity index is 773. The van der Waals surface area contributed by atoms with Crippen LogP contribution >= 0.6 is 11.3 Å². The molecule has 0 amide bonds. The molecular formula is C15H15ClN3OS-. The van der Waals surface area contributed by atoms with E-state index in [1.165, 1.54) is 4.88 Å². The van der Waals surface area contributed by atoms with Crippen LogP contribution in [0.3, 0.4) is 0 Å². The monoisotopic (exact) mass is 320 g/mol. The van der Waals surface area contributed by atoms with E-state index in [9.17, 15) is 5.11 Å². The van der Waals surface area contributed by atoms with Gasteiger partial charge < -0.3 is 22.8 Å². The van der Waals surface area contributed by atoms with Gasteiger partial charge in [-0.05, 0) is 31.5 Å². The number of para-hydroxylation sites is 2. The zero-order valence-corrected chi connectivity index (χ0v) is 13.3. The first-order valence-corrected chi connectivity index (χ1v) is 7.31. The predicted molar refractivity (Wildman–Crippen MR) is 82.9 cm³/mol. The molecule has 0 spiro atoms. The molecule has 110 valence electrons. The molecule has 3 aromatic rings. The summed E-state index contributed by atoms with van der Waals surface area (Å²) in [5, 5.41) is 14.1. The molecule has 2 N–H and O–H groups in total. The van der Waals surface area contributed by atoms with Gasteiger partial charge in [0.15, 0.2) is 0 Å². The van der Waals surface area contributed by atoms with E-state index in [0.29, 0.717) is 5.69 Å². The lowest BCUT2D eigenvalue weighted by atomic mass is 10.2. The van der Waals surface area contributed by atoms with Crippen molar-refractivity contribution < 1.29 is 17.5 Å². The lowest BCUT2D eigenvalue weighted by Crippen LogP contribution is -3.00. The number of rotatable bonds is 3. The molecule has 0 aliphatic heterocycles. The van der Waals surface area contributed by atoms with Crippen LogP contribution in [0.25, 0.3) is 10.2 Å². The number of halogens is 1. The SMILES string of the molecule is CCc1cc2c(Nc3ccccc3O)nc(C)nc2s1.[Cl-]. The highest BCUT2D eigenvalue weighted by molar-refractivity contribution is 7.18. The van der Waals surface area contributed by atoms with E-state index < -0.39 is 0 Å². The number of aromatic nitrogens is 2. The molecule has 0 saturated heterocycles. The second-order valence-electron chi connectivity index (χ2n) is 4.55. The van der Waals surface area contributed by atoms with E-state index in [4.69, 9.17) is 0 Å². The summed E-state index contributed by atoms with van der Waals surface area (Å²) < 4.78 is 0. The summed E-state index contributed by atoms with van der Waals surface area (Å²) in [6, 6.07) is 9.26. The number of thiophene rings is 1. The Hall–Kier alpha value is -1.85. The van der Waals surface area contributed by atoms with Crippen LogP contribution in [0.5, 0.6) is 5.75 Å². The van der Waals surface area contributed by atoms with Crippen LogP contribution in [-0.4, -0.2) is 15.1 Å². The first-order chi connectivity index (χ1) is 9.67. The number of anilines is 2. The number of aryl methyl sites for hydroxylation is 2. The maximum Gasteiger partial charge on any atom is 0.143 e. The van der Waals surface area contributed by atoms with E-state index in [1.807, 2.05) is 19.1 Å². The highest BCUT2D eigenvalue weighted by Gasteiger charge is 2.11. The molecule has 0 saturated carbocycles. The fourth-order valence-electron chi connectivity index (χ4n) is 2.05. The number of hydrogen-bond donors (Lipinski definition) is 2. The molecule has 4 nitrogen and oxygen atoms in total. The largest absolute Gasteiger partial charge is 1.00 e. The summed E-state index contributed by atoms with van der Waals surface area (Å²) in [5.74, 6) is 1.67. The molecule has 0 bridgehead atoms. The minimum absolute atomic E-state index is 0. The molecule has 0 aliphatic carbocycles. The third kappa shape index (κ3) is 3.09. The van der Waals surface area contributed by atoms with Crippen molar-refractivity contribution in [3.8, 4) is 5.75 Å². The van der Waals surface area contributed by atoms with Crippen molar-refractivity contribution in [3.63, 3.8) is 0 Å². The van der Waals surface area contributed by atoms with Gasteiger partial charge in [-0.15, -0.1) is 11.3 Å². The number of phenolic OH excluding ortho intramolecular Hbond substituents is 1. The Kier molecular flexibility index (Phi) is 4.65. The van der Waals surface area contributed by atoms with Crippen molar-refractivity contribution in [2.45, 2.75) is 20.3 Å². The van der Waals surface area contributed by atoms with Crippen LogP contribution in [0.2, 0.25) is 0 Å². The number of benzene rings is 1. The van der Waals surface area contributed by atoms with Gasteiger partial charge in [-0.3, -0.25) is 0 Å². The van der Waals surface area contributed by atoms with Gasteiger partial charge in [-0.2, -0.15) is 0 Å². The van der Waals surface area contributed by atoms with E-state index in [-0.39, 0.29) is 18.2 Å². The van der Waals surface area contributed by atoms with Crippen molar-refractivity contribution in [1.29, 1.82) is 0 Å². The fourth-order valence-corrected chi connectivity index (χ4v) is 3.07. The van der Waals surface area contributed by atoms with Gasteiger partial charge in [0, 0.05) is 4.88 Å². The summed E-state index contributed by atoms with van der Waals surface area (Å²) in [5.41, 5.74) is 0.649. The second kappa shape index (κ2) is 6.28. The highest BCUT2D eigenvalue weighted by Crippen LogP contribution is 2.32. The average Bonchev–Trinajstić information content (AvgIpc) is 2.84. The fraction of sp³-hybridized carbons (Fsp3) is 0.200. The standard InChI is InChI=1S/C15H15N3OS.ClH/c1-3-10-8-11-14(16-9(2)17-15(11)20-10)18-12-6-4-5-7-13(12)19;/h4-8,19H,3H2,1-2H3,(H,16,17,18);1H/p-1.